The molecule has 2 aromatic carbocycles. The third-order valence-electron chi connectivity index (χ3n) is 3.81. The normalized spacial score (nSPS) is 15.4. The second-order valence-corrected chi connectivity index (χ2v) is 8.60. The number of nitrogens with zero attached hydrogens (tertiary/aromatic N) is 1. The molecule has 122 valence electrons. The molecule has 3 nitrogen and oxygen atoms in total. The first kappa shape index (κ1) is 15.9. The van der Waals surface area contributed by atoms with Gasteiger partial charge in [0.25, 0.3) is 0 Å². The lowest BCUT2D eigenvalue weighted by atomic mass is 10.1. The molecule has 3 aromatic rings. The van der Waals surface area contributed by atoms with Gasteiger partial charge in [-0.15, -0.1) is 11.3 Å². The van der Waals surface area contributed by atoms with E-state index in [2.05, 4.69) is 10.3 Å². The van der Waals surface area contributed by atoms with E-state index in [1.165, 1.54) is 11.8 Å². The molecular weight excluding hydrogens is 360 g/mol. The van der Waals surface area contributed by atoms with Gasteiger partial charge in [-0.25, -0.2) is 4.98 Å². The Balaban J connectivity index is 1.63. The van der Waals surface area contributed by atoms with Crippen molar-refractivity contribution in [1.29, 1.82) is 0 Å². The van der Waals surface area contributed by atoms with Crippen LogP contribution in [0.4, 0.5) is 0 Å². The van der Waals surface area contributed by atoms with Crippen LogP contribution in [0.25, 0.3) is 10.2 Å². The lowest BCUT2D eigenvalue weighted by molar-refractivity contribution is -0.120. The number of hydrogen-bond donors (Lipinski definition) is 1. The molecule has 24 heavy (non-hydrogen) atoms. The minimum Gasteiger partial charge on any atom is -0.352 e. The highest BCUT2D eigenvalue weighted by atomic mass is 35.5. The van der Waals surface area contributed by atoms with Crippen molar-refractivity contribution in [2.45, 2.75) is 28.5 Å². The zero-order chi connectivity index (χ0) is 16.5. The van der Waals surface area contributed by atoms with Crippen molar-refractivity contribution in [3.8, 4) is 0 Å². The minimum atomic E-state index is -0.289. The SMILES string of the molecule is O=C(NC1CC1)[C@H](Sc1nc2cc(Cl)ccc2s1)c1ccccc1. The number of carbonyl (C=O) groups excluding carboxylic acids is 1. The molecule has 1 atom stereocenters. The van der Waals surface area contributed by atoms with Gasteiger partial charge < -0.3 is 5.32 Å². The molecule has 0 unspecified atom stereocenters. The molecule has 1 aromatic heterocycles. The van der Waals surface area contributed by atoms with E-state index >= 15 is 0 Å². The Kier molecular flexibility index (Phi) is 4.48. The first-order chi connectivity index (χ1) is 11.7. The predicted octanol–water partition coefficient (Wildman–Crippen LogP) is 5.06. The highest BCUT2D eigenvalue weighted by Gasteiger charge is 2.29. The smallest absolute Gasteiger partial charge is 0.238 e. The zero-order valence-corrected chi connectivity index (χ0v) is 15.1. The minimum absolute atomic E-state index is 0.0611. The summed E-state index contributed by atoms with van der Waals surface area (Å²) in [5.74, 6) is 0.0611. The van der Waals surface area contributed by atoms with Crippen LogP contribution < -0.4 is 5.32 Å². The number of benzene rings is 2. The number of thiazole rings is 1. The number of thioether (sulfide) groups is 1. The maximum absolute atomic E-state index is 12.7. The van der Waals surface area contributed by atoms with Crippen molar-refractivity contribution in [3.05, 3.63) is 59.1 Å². The Hall–Kier alpha value is -1.56. The Morgan fingerprint density at radius 2 is 2.04 bits per heavy atom. The molecule has 0 spiro atoms. The van der Waals surface area contributed by atoms with Gasteiger partial charge in [-0.1, -0.05) is 53.7 Å². The van der Waals surface area contributed by atoms with E-state index < -0.39 is 0 Å². The Morgan fingerprint density at radius 3 is 2.79 bits per heavy atom. The summed E-state index contributed by atoms with van der Waals surface area (Å²) in [7, 11) is 0. The predicted molar refractivity (Wildman–Crippen MR) is 101 cm³/mol. The number of amides is 1. The summed E-state index contributed by atoms with van der Waals surface area (Å²) in [6, 6.07) is 15.9. The first-order valence-electron chi connectivity index (χ1n) is 7.77. The van der Waals surface area contributed by atoms with Gasteiger partial charge in [-0.2, -0.15) is 0 Å². The highest BCUT2D eigenvalue weighted by Crippen LogP contribution is 2.40. The van der Waals surface area contributed by atoms with Gasteiger partial charge in [0.15, 0.2) is 4.34 Å². The average molecular weight is 375 g/mol. The van der Waals surface area contributed by atoms with Crippen LogP contribution in [0.2, 0.25) is 5.02 Å². The maximum Gasteiger partial charge on any atom is 0.238 e. The Morgan fingerprint density at radius 1 is 1.25 bits per heavy atom. The van der Waals surface area contributed by atoms with E-state index in [1.807, 2.05) is 48.5 Å². The van der Waals surface area contributed by atoms with Gasteiger partial charge in [0.2, 0.25) is 5.91 Å². The van der Waals surface area contributed by atoms with Crippen molar-refractivity contribution in [2.75, 3.05) is 0 Å². The average Bonchev–Trinajstić information content (AvgIpc) is 3.30. The van der Waals surface area contributed by atoms with Crippen molar-refractivity contribution < 1.29 is 4.79 Å². The fourth-order valence-electron chi connectivity index (χ4n) is 2.44. The van der Waals surface area contributed by atoms with E-state index in [0.717, 1.165) is 33.0 Å². The fraction of sp³-hybridized carbons (Fsp3) is 0.222. The molecule has 0 saturated heterocycles. The van der Waals surface area contributed by atoms with E-state index in [0.29, 0.717) is 11.1 Å². The molecule has 1 saturated carbocycles. The second-order valence-electron chi connectivity index (χ2n) is 5.78. The molecule has 4 rings (SSSR count). The zero-order valence-electron chi connectivity index (χ0n) is 12.7. The van der Waals surface area contributed by atoms with Crippen LogP contribution in [0.15, 0.2) is 52.9 Å². The van der Waals surface area contributed by atoms with Gasteiger partial charge in [0.1, 0.15) is 5.25 Å². The van der Waals surface area contributed by atoms with Crippen LogP contribution in [-0.2, 0) is 4.79 Å². The lowest BCUT2D eigenvalue weighted by Crippen LogP contribution is -2.29. The van der Waals surface area contributed by atoms with Gasteiger partial charge >= 0.3 is 0 Å². The first-order valence-corrected chi connectivity index (χ1v) is 9.84. The lowest BCUT2D eigenvalue weighted by Gasteiger charge is -2.15. The summed E-state index contributed by atoms with van der Waals surface area (Å²) in [5.41, 5.74) is 1.88. The van der Waals surface area contributed by atoms with Crippen LogP contribution in [0, 0.1) is 0 Å². The topological polar surface area (TPSA) is 42.0 Å². The van der Waals surface area contributed by atoms with Crippen LogP contribution in [0.3, 0.4) is 0 Å². The molecule has 0 aliphatic heterocycles. The summed E-state index contributed by atoms with van der Waals surface area (Å²) in [5, 5.41) is 3.50. The van der Waals surface area contributed by atoms with Gasteiger partial charge in [0, 0.05) is 11.1 Å². The number of aromatic nitrogens is 1. The summed E-state index contributed by atoms with van der Waals surface area (Å²) in [6.45, 7) is 0. The van der Waals surface area contributed by atoms with Crippen molar-refractivity contribution >= 4 is 50.8 Å². The number of hydrogen-bond acceptors (Lipinski definition) is 4. The quantitative estimate of drug-likeness (QED) is 0.634. The standard InChI is InChI=1S/C18H15ClN2OS2/c19-12-6-9-15-14(10-12)21-18(23-15)24-16(11-4-2-1-3-5-11)17(22)20-13-7-8-13/h1-6,9-10,13,16H,7-8H2,(H,20,22)/t16-/m1/s1. The van der Waals surface area contributed by atoms with Gasteiger partial charge in [-0.3, -0.25) is 4.79 Å². The van der Waals surface area contributed by atoms with E-state index in [-0.39, 0.29) is 11.2 Å². The summed E-state index contributed by atoms with van der Waals surface area (Å²) >= 11 is 9.14. The number of fused-ring (bicyclic) bond motifs is 1. The summed E-state index contributed by atoms with van der Waals surface area (Å²) in [4.78, 5) is 17.3. The van der Waals surface area contributed by atoms with Gasteiger partial charge in [0.05, 0.1) is 10.2 Å². The molecule has 1 aliphatic rings. The van der Waals surface area contributed by atoms with Crippen LogP contribution in [0.5, 0.6) is 0 Å². The molecule has 6 heteroatoms. The van der Waals surface area contributed by atoms with E-state index in [4.69, 9.17) is 11.6 Å². The van der Waals surface area contributed by atoms with E-state index in [9.17, 15) is 4.79 Å². The number of nitrogens with one attached hydrogen (secondary N) is 1. The summed E-state index contributed by atoms with van der Waals surface area (Å²) < 4.78 is 1.96. The second kappa shape index (κ2) is 6.75. The monoisotopic (exact) mass is 374 g/mol. The molecule has 0 bridgehead atoms. The Labute approximate surface area is 153 Å². The molecule has 1 amide bonds. The highest BCUT2D eigenvalue weighted by molar-refractivity contribution is 8.02. The maximum atomic E-state index is 12.7. The van der Waals surface area contributed by atoms with Crippen molar-refractivity contribution in [3.63, 3.8) is 0 Å². The molecule has 1 aliphatic carbocycles. The largest absolute Gasteiger partial charge is 0.352 e. The van der Waals surface area contributed by atoms with Gasteiger partial charge in [-0.05, 0) is 36.6 Å². The molecule has 1 heterocycles. The molecular formula is C18H15ClN2OS2. The third kappa shape index (κ3) is 3.58. The number of halogens is 1. The number of rotatable bonds is 5. The van der Waals surface area contributed by atoms with Crippen LogP contribution in [-0.4, -0.2) is 16.9 Å². The van der Waals surface area contributed by atoms with Crippen LogP contribution in [0.1, 0.15) is 23.7 Å². The molecule has 1 N–H and O–H groups in total. The summed E-state index contributed by atoms with van der Waals surface area (Å²) in [6.07, 6.45) is 2.16. The van der Waals surface area contributed by atoms with Crippen molar-refractivity contribution in [2.24, 2.45) is 0 Å². The fourth-order valence-corrected chi connectivity index (χ4v) is 4.85. The van der Waals surface area contributed by atoms with Crippen molar-refractivity contribution in [1.82, 2.24) is 10.3 Å². The Bertz CT molecular complexity index is 877. The molecule has 1 fully saturated rings. The van der Waals surface area contributed by atoms with E-state index in [1.54, 1.807) is 11.3 Å². The third-order valence-corrected chi connectivity index (χ3v) is 6.43. The van der Waals surface area contributed by atoms with Crippen LogP contribution >= 0.6 is 34.7 Å². The number of carbonyl (C=O) groups is 1. The molecule has 0 radical (unpaired) electrons.